The summed E-state index contributed by atoms with van der Waals surface area (Å²) in [4.78, 5) is 13.7. The lowest BCUT2D eigenvalue weighted by molar-refractivity contribution is -0.130. The van der Waals surface area contributed by atoms with E-state index in [-0.39, 0.29) is 11.9 Å². The maximum absolute atomic E-state index is 11.7. The van der Waals surface area contributed by atoms with Gasteiger partial charge in [0.05, 0.1) is 0 Å². The smallest absolute Gasteiger partial charge is 0.222 e. The van der Waals surface area contributed by atoms with Crippen molar-refractivity contribution in [2.24, 2.45) is 11.1 Å². The molecule has 1 atom stereocenters. The van der Waals surface area contributed by atoms with Crippen LogP contribution < -0.4 is 5.73 Å². The number of amides is 1. The Labute approximate surface area is 93.0 Å². The predicted octanol–water partition coefficient (Wildman–Crippen LogP) is 1.76. The Balaban J connectivity index is 2.19. The van der Waals surface area contributed by atoms with Gasteiger partial charge in [0.1, 0.15) is 0 Å². The lowest BCUT2D eigenvalue weighted by Gasteiger charge is -2.19. The van der Waals surface area contributed by atoms with Crippen LogP contribution in [0.3, 0.4) is 0 Å². The van der Waals surface area contributed by atoms with Crippen molar-refractivity contribution in [2.45, 2.75) is 52.5 Å². The van der Waals surface area contributed by atoms with Crippen LogP contribution in [0.4, 0.5) is 0 Å². The molecule has 1 heterocycles. The van der Waals surface area contributed by atoms with Crippen molar-refractivity contribution >= 4 is 5.91 Å². The molecule has 0 saturated carbocycles. The highest BCUT2D eigenvalue weighted by atomic mass is 16.2. The van der Waals surface area contributed by atoms with Gasteiger partial charge >= 0.3 is 0 Å². The molecule has 3 nitrogen and oxygen atoms in total. The maximum atomic E-state index is 11.7. The SMILES string of the molecule is CC(C)(C)CCCC(=O)N1CC[C@@H](N)C1. The van der Waals surface area contributed by atoms with Crippen LogP contribution in [-0.4, -0.2) is 29.9 Å². The second-order valence-electron chi connectivity index (χ2n) is 5.80. The van der Waals surface area contributed by atoms with Gasteiger partial charge in [-0.15, -0.1) is 0 Å². The van der Waals surface area contributed by atoms with Crippen LogP contribution in [0.2, 0.25) is 0 Å². The summed E-state index contributed by atoms with van der Waals surface area (Å²) in [5.41, 5.74) is 6.10. The highest BCUT2D eigenvalue weighted by Crippen LogP contribution is 2.22. The monoisotopic (exact) mass is 212 g/mol. The van der Waals surface area contributed by atoms with E-state index in [1.807, 2.05) is 4.90 Å². The summed E-state index contributed by atoms with van der Waals surface area (Å²) < 4.78 is 0. The minimum atomic E-state index is 0.205. The Morgan fingerprint density at radius 3 is 2.60 bits per heavy atom. The first-order valence-corrected chi connectivity index (χ1v) is 5.92. The fourth-order valence-electron chi connectivity index (χ4n) is 1.94. The zero-order valence-electron chi connectivity index (χ0n) is 10.3. The van der Waals surface area contributed by atoms with Crippen molar-refractivity contribution in [3.63, 3.8) is 0 Å². The van der Waals surface area contributed by atoms with Gasteiger partial charge in [-0.25, -0.2) is 0 Å². The van der Waals surface area contributed by atoms with Crippen molar-refractivity contribution in [1.82, 2.24) is 4.90 Å². The van der Waals surface area contributed by atoms with E-state index < -0.39 is 0 Å². The van der Waals surface area contributed by atoms with Crippen molar-refractivity contribution < 1.29 is 4.79 Å². The molecule has 0 radical (unpaired) electrons. The molecule has 1 saturated heterocycles. The summed E-state index contributed by atoms with van der Waals surface area (Å²) in [6, 6.07) is 0.205. The molecule has 0 aromatic heterocycles. The molecule has 0 aromatic carbocycles. The van der Waals surface area contributed by atoms with Crippen LogP contribution in [0, 0.1) is 5.41 Å². The highest BCUT2D eigenvalue weighted by molar-refractivity contribution is 5.76. The normalized spacial score (nSPS) is 22.1. The van der Waals surface area contributed by atoms with Crippen LogP contribution in [-0.2, 0) is 4.79 Å². The van der Waals surface area contributed by atoms with Crippen molar-refractivity contribution in [1.29, 1.82) is 0 Å². The number of nitrogens with zero attached hydrogens (tertiary/aromatic N) is 1. The number of carbonyl (C=O) groups excluding carboxylic acids is 1. The minimum absolute atomic E-state index is 0.205. The van der Waals surface area contributed by atoms with Crippen LogP contribution in [0.25, 0.3) is 0 Å². The summed E-state index contributed by atoms with van der Waals surface area (Å²) >= 11 is 0. The van der Waals surface area contributed by atoms with E-state index in [1.54, 1.807) is 0 Å². The number of nitrogens with two attached hydrogens (primary N) is 1. The fraction of sp³-hybridized carbons (Fsp3) is 0.917. The minimum Gasteiger partial charge on any atom is -0.341 e. The van der Waals surface area contributed by atoms with Crippen LogP contribution >= 0.6 is 0 Å². The molecule has 2 N–H and O–H groups in total. The first-order valence-electron chi connectivity index (χ1n) is 5.92. The van der Waals surface area contributed by atoms with Gasteiger partial charge in [0, 0.05) is 25.6 Å². The average molecular weight is 212 g/mol. The van der Waals surface area contributed by atoms with Gasteiger partial charge < -0.3 is 10.6 Å². The highest BCUT2D eigenvalue weighted by Gasteiger charge is 2.23. The molecular weight excluding hydrogens is 188 g/mol. The molecule has 1 aliphatic rings. The van der Waals surface area contributed by atoms with E-state index in [1.165, 1.54) is 0 Å². The van der Waals surface area contributed by atoms with Gasteiger partial charge in [-0.2, -0.15) is 0 Å². The Morgan fingerprint density at radius 2 is 2.13 bits per heavy atom. The van der Waals surface area contributed by atoms with Crippen LogP contribution in [0.1, 0.15) is 46.5 Å². The standard InChI is InChI=1S/C12H24N2O/c1-12(2,3)7-4-5-11(15)14-8-6-10(13)9-14/h10H,4-9,13H2,1-3H3/t10-/m1/s1. The summed E-state index contributed by atoms with van der Waals surface area (Å²) in [6.07, 6.45) is 3.75. The molecule has 1 amide bonds. The third-order valence-corrected chi connectivity index (χ3v) is 2.89. The molecule has 0 aliphatic carbocycles. The zero-order valence-corrected chi connectivity index (χ0v) is 10.3. The van der Waals surface area contributed by atoms with Gasteiger partial charge in [0.2, 0.25) is 5.91 Å². The first-order chi connectivity index (χ1) is 6.88. The number of hydrogen-bond acceptors (Lipinski definition) is 2. The van der Waals surface area contributed by atoms with E-state index in [2.05, 4.69) is 20.8 Å². The molecule has 0 bridgehead atoms. The third kappa shape index (κ3) is 4.65. The average Bonchev–Trinajstić information content (AvgIpc) is 2.49. The summed E-state index contributed by atoms with van der Waals surface area (Å²) in [5, 5.41) is 0. The van der Waals surface area contributed by atoms with E-state index in [9.17, 15) is 4.79 Å². The Morgan fingerprint density at radius 1 is 1.47 bits per heavy atom. The molecule has 0 aromatic rings. The molecule has 0 unspecified atom stereocenters. The molecule has 15 heavy (non-hydrogen) atoms. The maximum Gasteiger partial charge on any atom is 0.222 e. The third-order valence-electron chi connectivity index (χ3n) is 2.89. The number of rotatable bonds is 3. The van der Waals surface area contributed by atoms with E-state index >= 15 is 0 Å². The molecule has 1 aliphatic heterocycles. The Kier molecular flexibility index (Phi) is 4.14. The number of carbonyl (C=O) groups is 1. The lowest BCUT2D eigenvalue weighted by atomic mass is 9.90. The van der Waals surface area contributed by atoms with Crippen molar-refractivity contribution in [3.8, 4) is 0 Å². The van der Waals surface area contributed by atoms with E-state index in [0.29, 0.717) is 11.8 Å². The summed E-state index contributed by atoms with van der Waals surface area (Å²) in [7, 11) is 0. The number of hydrogen-bond donors (Lipinski definition) is 1. The molecule has 88 valence electrons. The van der Waals surface area contributed by atoms with Crippen molar-refractivity contribution in [3.05, 3.63) is 0 Å². The Bertz CT molecular complexity index is 220. The summed E-state index contributed by atoms with van der Waals surface area (Å²) in [6.45, 7) is 8.25. The van der Waals surface area contributed by atoms with Crippen LogP contribution in [0.15, 0.2) is 0 Å². The molecule has 1 fully saturated rings. The summed E-state index contributed by atoms with van der Waals surface area (Å²) in [5.74, 6) is 0.284. The topological polar surface area (TPSA) is 46.3 Å². The van der Waals surface area contributed by atoms with Crippen molar-refractivity contribution in [2.75, 3.05) is 13.1 Å². The second-order valence-corrected chi connectivity index (χ2v) is 5.80. The van der Waals surface area contributed by atoms with E-state index in [4.69, 9.17) is 5.73 Å². The molecule has 3 heteroatoms. The fourth-order valence-corrected chi connectivity index (χ4v) is 1.94. The van der Waals surface area contributed by atoms with Crippen LogP contribution in [0.5, 0.6) is 0 Å². The van der Waals surface area contributed by atoms with Gasteiger partial charge in [-0.1, -0.05) is 20.8 Å². The quantitative estimate of drug-likeness (QED) is 0.775. The largest absolute Gasteiger partial charge is 0.341 e. The number of likely N-dealkylation sites (tertiary alicyclic amines) is 1. The zero-order chi connectivity index (χ0) is 11.5. The van der Waals surface area contributed by atoms with Gasteiger partial charge in [-0.05, 0) is 24.7 Å². The van der Waals surface area contributed by atoms with Gasteiger partial charge in [0.15, 0.2) is 0 Å². The molecule has 0 spiro atoms. The molecular formula is C12H24N2O. The first kappa shape index (κ1) is 12.5. The predicted molar refractivity (Wildman–Crippen MR) is 62.5 cm³/mol. The Hall–Kier alpha value is -0.570. The lowest BCUT2D eigenvalue weighted by Crippen LogP contribution is -2.31. The second kappa shape index (κ2) is 4.97. The molecule has 1 rings (SSSR count). The van der Waals surface area contributed by atoms with E-state index in [0.717, 1.165) is 32.4 Å². The van der Waals surface area contributed by atoms with Gasteiger partial charge in [0.25, 0.3) is 0 Å². The van der Waals surface area contributed by atoms with Gasteiger partial charge in [-0.3, -0.25) is 4.79 Å².